The molecule has 1 aromatic heterocycles. The van der Waals surface area contributed by atoms with Crippen LogP contribution in [0.25, 0.3) is 0 Å². The summed E-state index contributed by atoms with van der Waals surface area (Å²) < 4.78 is 8.61. The van der Waals surface area contributed by atoms with Crippen molar-refractivity contribution in [1.29, 1.82) is 0 Å². The molecule has 5 nitrogen and oxygen atoms in total. The molecule has 104 valence electrons. The number of hydrogen-bond donors (Lipinski definition) is 2. The predicted molar refractivity (Wildman–Crippen MR) is 76.3 cm³/mol. The number of nitrogens with two attached hydrogens (primary N) is 1. The van der Waals surface area contributed by atoms with Crippen molar-refractivity contribution >= 4 is 15.9 Å². The van der Waals surface area contributed by atoms with Crippen molar-refractivity contribution in [1.82, 2.24) is 15.2 Å². The molecule has 0 bridgehead atoms. The molecule has 1 heterocycles. The molecule has 0 saturated carbocycles. The van der Waals surface area contributed by atoms with Gasteiger partial charge in [-0.3, -0.25) is 16.0 Å². The molecule has 0 amide bonds. The lowest BCUT2D eigenvalue weighted by Crippen LogP contribution is -2.41. The first kappa shape index (κ1) is 15.6. The third kappa shape index (κ3) is 4.05. The Kier molecular flexibility index (Phi) is 6.85. The van der Waals surface area contributed by atoms with E-state index in [1.54, 1.807) is 0 Å². The van der Waals surface area contributed by atoms with E-state index in [4.69, 9.17) is 10.6 Å². The SMILES string of the molecule is CCCOCC(Cc1c(Br)c(C)nn1CC)NN. The highest BCUT2D eigenvalue weighted by Crippen LogP contribution is 2.22. The van der Waals surface area contributed by atoms with Gasteiger partial charge in [-0.1, -0.05) is 6.92 Å². The van der Waals surface area contributed by atoms with E-state index in [0.29, 0.717) is 6.61 Å². The minimum Gasteiger partial charge on any atom is -0.380 e. The number of aromatic nitrogens is 2. The Morgan fingerprint density at radius 3 is 2.78 bits per heavy atom. The third-order valence-electron chi connectivity index (χ3n) is 2.80. The van der Waals surface area contributed by atoms with Crippen LogP contribution in [0.3, 0.4) is 0 Å². The van der Waals surface area contributed by atoms with Crippen LogP contribution >= 0.6 is 15.9 Å². The fourth-order valence-electron chi connectivity index (χ4n) is 1.83. The van der Waals surface area contributed by atoms with Gasteiger partial charge in [0.05, 0.1) is 22.5 Å². The molecule has 1 aromatic rings. The van der Waals surface area contributed by atoms with Crippen molar-refractivity contribution < 1.29 is 4.74 Å². The molecule has 0 radical (unpaired) electrons. The van der Waals surface area contributed by atoms with Crippen LogP contribution in [0.1, 0.15) is 31.7 Å². The maximum atomic E-state index is 5.58. The van der Waals surface area contributed by atoms with Gasteiger partial charge in [0.25, 0.3) is 0 Å². The van der Waals surface area contributed by atoms with Gasteiger partial charge in [-0.05, 0) is 36.2 Å². The van der Waals surface area contributed by atoms with E-state index in [-0.39, 0.29) is 6.04 Å². The molecule has 1 unspecified atom stereocenters. The zero-order chi connectivity index (χ0) is 13.5. The van der Waals surface area contributed by atoms with Crippen LogP contribution in [0.5, 0.6) is 0 Å². The Hall–Kier alpha value is -0.430. The lowest BCUT2D eigenvalue weighted by Gasteiger charge is -2.16. The normalized spacial score (nSPS) is 12.9. The minimum absolute atomic E-state index is 0.106. The Labute approximate surface area is 117 Å². The van der Waals surface area contributed by atoms with Gasteiger partial charge in [-0.2, -0.15) is 5.10 Å². The molecule has 0 aliphatic rings. The lowest BCUT2D eigenvalue weighted by molar-refractivity contribution is 0.111. The number of rotatable bonds is 8. The highest BCUT2D eigenvalue weighted by Gasteiger charge is 2.16. The lowest BCUT2D eigenvalue weighted by atomic mass is 10.1. The number of halogens is 1. The molecule has 3 N–H and O–H groups in total. The summed E-state index contributed by atoms with van der Waals surface area (Å²) in [7, 11) is 0. The highest BCUT2D eigenvalue weighted by atomic mass is 79.9. The second-order valence-electron chi connectivity index (χ2n) is 4.30. The maximum absolute atomic E-state index is 5.58. The zero-order valence-electron chi connectivity index (χ0n) is 11.4. The van der Waals surface area contributed by atoms with Gasteiger partial charge in [0, 0.05) is 25.6 Å². The van der Waals surface area contributed by atoms with Crippen LogP contribution in [0.4, 0.5) is 0 Å². The van der Waals surface area contributed by atoms with Gasteiger partial charge in [0.15, 0.2) is 0 Å². The van der Waals surface area contributed by atoms with E-state index in [0.717, 1.165) is 41.9 Å². The first-order chi connectivity index (χ1) is 8.63. The number of nitrogens with one attached hydrogen (secondary N) is 1. The van der Waals surface area contributed by atoms with Crippen molar-refractivity contribution in [2.75, 3.05) is 13.2 Å². The Balaban J connectivity index is 2.68. The van der Waals surface area contributed by atoms with Crippen molar-refractivity contribution in [3.63, 3.8) is 0 Å². The summed E-state index contributed by atoms with van der Waals surface area (Å²) in [5, 5.41) is 4.47. The molecular weight excluding hydrogens is 296 g/mol. The fourth-order valence-corrected chi connectivity index (χ4v) is 2.28. The highest BCUT2D eigenvalue weighted by molar-refractivity contribution is 9.10. The van der Waals surface area contributed by atoms with Crippen molar-refractivity contribution in [3.8, 4) is 0 Å². The van der Waals surface area contributed by atoms with E-state index >= 15 is 0 Å². The summed E-state index contributed by atoms with van der Waals surface area (Å²) in [4.78, 5) is 0. The Bertz CT molecular complexity index is 367. The van der Waals surface area contributed by atoms with E-state index in [1.165, 1.54) is 0 Å². The molecule has 6 heteroatoms. The van der Waals surface area contributed by atoms with Gasteiger partial charge in [-0.25, -0.2) is 0 Å². The quantitative estimate of drug-likeness (QED) is 0.435. The molecule has 1 atom stereocenters. The molecule has 18 heavy (non-hydrogen) atoms. The maximum Gasteiger partial charge on any atom is 0.0738 e. The fraction of sp³-hybridized carbons (Fsp3) is 0.750. The first-order valence-corrected chi connectivity index (χ1v) is 7.18. The topological polar surface area (TPSA) is 65.1 Å². The van der Waals surface area contributed by atoms with E-state index in [1.807, 2.05) is 11.6 Å². The summed E-state index contributed by atoms with van der Waals surface area (Å²) in [6.45, 7) is 8.42. The molecule has 0 saturated heterocycles. The molecular formula is C12H23BrN4O. The number of nitrogens with zero attached hydrogens (tertiary/aromatic N) is 2. The molecule has 0 spiro atoms. The first-order valence-electron chi connectivity index (χ1n) is 6.39. The average molecular weight is 319 g/mol. The Morgan fingerprint density at radius 2 is 2.22 bits per heavy atom. The summed E-state index contributed by atoms with van der Waals surface area (Å²) >= 11 is 3.59. The molecule has 0 fully saturated rings. The summed E-state index contributed by atoms with van der Waals surface area (Å²) in [6, 6.07) is 0.106. The third-order valence-corrected chi connectivity index (χ3v) is 3.83. The molecule has 0 aromatic carbocycles. The largest absolute Gasteiger partial charge is 0.380 e. The van der Waals surface area contributed by atoms with Gasteiger partial charge in [-0.15, -0.1) is 0 Å². The van der Waals surface area contributed by atoms with Crippen LogP contribution in [0, 0.1) is 6.92 Å². The van der Waals surface area contributed by atoms with Crippen LogP contribution in [-0.4, -0.2) is 29.0 Å². The van der Waals surface area contributed by atoms with Crippen molar-refractivity contribution in [2.45, 2.75) is 46.2 Å². The Morgan fingerprint density at radius 1 is 1.50 bits per heavy atom. The second-order valence-corrected chi connectivity index (χ2v) is 5.10. The average Bonchev–Trinajstić information content (AvgIpc) is 2.65. The standard InChI is InChI=1S/C12H23BrN4O/c1-4-6-18-8-10(15-14)7-11-12(13)9(3)16-17(11)5-2/h10,15H,4-8,14H2,1-3H3. The van der Waals surface area contributed by atoms with Gasteiger partial charge >= 0.3 is 0 Å². The van der Waals surface area contributed by atoms with Gasteiger partial charge in [0.1, 0.15) is 0 Å². The van der Waals surface area contributed by atoms with Crippen molar-refractivity contribution in [2.24, 2.45) is 5.84 Å². The smallest absolute Gasteiger partial charge is 0.0738 e. The summed E-state index contributed by atoms with van der Waals surface area (Å²) in [5.41, 5.74) is 4.99. The van der Waals surface area contributed by atoms with Crippen LogP contribution in [-0.2, 0) is 17.7 Å². The number of aryl methyl sites for hydroxylation is 2. The van der Waals surface area contributed by atoms with Gasteiger partial charge in [0.2, 0.25) is 0 Å². The minimum atomic E-state index is 0.106. The monoisotopic (exact) mass is 318 g/mol. The number of hydrogen-bond acceptors (Lipinski definition) is 4. The molecule has 0 aliphatic carbocycles. The zero-order valence-corrected chi connectivity index (χ0v) is 13.0. The van der Waals surface area contributed by atoms with Gasteiger partial charge < -0.3 is 4.74 Å². The number of ether oxygens (including phenoxy) is 1. The van der Waals surface area contributed by atoms with E-state index in [2.05, 4.69) is 40.3 Å². The predicted octanol–water partition coefficient (Wildman–Crippen LogP) is 1.77. The molecule has 1 rings (SSSR count). The van der Waals surface area contributed by atoms with E-state index < -0.39 is 0 Å². The summed E-state index contributed by atoms with van der Waals surface area (Å²) in [5.74, 6) is 5.58. The second kappa shape index (κ2) is 7.89. The number of hydrazine groups is 1. The van der Waals surface area contributed by atoms with Crippen LogP contribution < -0.4 is 11.3 Å². The van der Waals surface area contributed by atoms with Crippen LogP contribution in [0.15, 0.2) is 4.47 Å². The van der Waals surface area contributed by atoms with E-state index in [9.17, 15) is 0 Å². The van der Waals surface area contributed by atoms with Crippen LogP contribution in [0.2, 0.25) is 0 Å². The van der Waals surface area contributed by atoms with Crippen molar-refractivity contribution in [3.05, 3.63) is 15.9 Å². The molecule has 0 aliphatic heterocycles. The summed E-state index contributed by atoms with van der Waals surface area (Å²) in [6.07, 6.45) is 1.82.